The highest BCUT2D eigenvalue weighted by molar-refractivity contribution is 5.97. The van der Waals surface area contributed by atoms with Gasteiger partial charge in [-0.3, -0.25) is 9.69 Å². The average molecular weight is 483 g/mol. The van der Waals surface area contributed by atoms with Gasteiger partial charge in [0.2, 0.25) is 5.91 Å². The minimum absolute atomic E-state index is 0.241. The lowest BCUT2D eigenvalue weighted by atomic mass is 9.64. The van der Waals surface area contributed by atoms with Gasteiger partial charge in [0.1, 0.15) is 0 Å². The van der Waals surface area contributed by atoms with Crippen LogP contribution in [0.3, 0.4) is 0 Å². The number of para-hydroxylation sites is 1. The molecule has 5 nitrogen and oxygen atoms in total. The van der Waals surface area contributed by atoms with Crippen LogP contribution in [0.15, 0.2) is 54.7 Å². The molecule has 1 amide bonds. The molecule has 2 aliphatic heterocycles. The fraction of sp³-hybridized carbons (Fsp3) is 0.516. The van der Waals surface area contributed by atoms with Gasteiger partial charge >= 0.3 is 0 Å². The summed E-state index contributed by atoms with van der Waals surface area (Å²) in [7, 11) is 0. The molecule has 188 valence electrons. The Morgan fingerprint density at radius 2 is 1.67 bits per heavy atom. The SMILES string of the molecule is O=C(C1CC2CCC1CC2)N1c2ccccc2CCC1CN1CCN(c2cccc3[nH]ccc23)CC1. The summed E-state index contributed by atoms with van der Waals surface area (Å²) in [6, 6.07) is 17.7. The maximum Gasteiger partial charge on any atom is 0.230 e. The molecule has 4 fully saturated rings. The van der Waals surface area contributed by atoms with Crippen molar-refractivity contribution in [1.29, 1.82) is 0 Å². The standard InChI is InChI=1S/C31H38N4O/c36-31(27-20-22-8-10-23(27)11-9-22)35-25(13-12-24-4-1-2-6-29(24)35)21-33-16-18-34(19-17-33)30-7-3-5-28-26(30)14-15-32-28/h1-7,14-15,22-23,25,27,32H,8-13,16-21H2. The second-order valence-corrected chi connectivity index (χ2v) is 11.7. The minimum atomic E-state index is 0.241. The number of fused-ring (bicyclic) bond motifs is 5. The Morgan fingerprint density at radius 3 is 2.47 bits per heavy atom. The lowest BCUT2D eigenvalue weighted by Crippen LogP contribution is -2.56. The van der Waals surface area contributed by atoms with E-state index in [1.807, 2.05) is 6.20 Å². The van der Waals surface area contributed by atoms with Crippen LogP contribution in [0.1, 0.15) is 44.1 Å². The maximum absolute atomic E-state index is 14.2. The zero-order valence-corrected chi connectivity index (χ0v) is 21.2. The summed E-state index contributed by atoms with van der Waals surface area (Å²) < 4.78 is 0. The van der Waals surface area contributed by atoms with E-state index in [1.165, 1.54) is 53.5 Å². The van der Waals surface area contributed by atoms with Crippen LogP contribution in [0.2, 0.25) is 0 Å². The maximum atomic E-state index is 14.2. The molecule has 3 saturated carbocycles. The number of hydrogen-bond donors (Lipinski definition) is 1. The van der Waals surface area contributed by atoms with Crippen molar-refractivity contribution in [2.75, 3.05) is 42.5 Å². The minimum Gasteiger partial charge on any atom is -0.368 e. The predicted molar refractivity (Wildman–Crippen MR) is 147 cm³/mol. The first-order valence-electron chi connectivity index (χ1n) is 14.2. The number of rotatable bonds is 4. The first-order valence-corrected chi connectivity index (χ1v) is 14.2. The lowest BCUT2D eigenvalue weighted by molar-refractivity contribution is -0.128. The van der Waals surface area contributed by atoms with Gasteiger partial charge in [-0.05, 0) is 73.8 Å². The van der Waals surface area contributed by atoms with Crippen molar-refractivity contribution in [3.05, 3.63) is 60.3 Å². The molecule has 8 rings (SSSR count). The Morgan fingerprint density at radius 1 is 0.861 bits per heavy atom. The van der Waals surface area contributed by atoms with Gasteiger partial charge in [-0.25, -0.2) is 0 Å². The molecule has 1 N–H and O–H groups in total. The Labute approximate surface area is 214 Å². The summed E-state index contributed by atoms with van der Waals surface area (Å²) in [5, 5.41) is 1.31. The van der Waals surface area contributed by atoms with Gasteiger partial charge < -0.3 is 14.8 Å². The van der Waals surface area contributed by atoms with Crippen molar-refractivity contribution in [3.8, 4) is 0 Å². The molecule has 0 spiro atoms. The molecule has 5 aliphatic rings. The van der Waals surface area contributed by atoms with Gasteiger partial charge in [0.15, 0.2) is 0 Å². The topological polar surface area (TPSA) is 42.6 Å². The average Bonchev–Trinajstić information content (AvgIpc) is 3.43. The predicted octanol–water partition coefficient (Wildman–Crippen LogP) is 5.46. The molecule has 36 heavy (non-hydrogen) atoms. The molecule has 0 radical (unpaired) electrons. The molecule has 2 aromatic carbocycles. The molecule has 1 saturated heterocycles. The van der Waals surface area contributed by atoms with Crippen LogP contribution in [-0.2, 0) is 11.2 Å². The molecular formula is C31H38N4O. The first-order chi connectivity index (χ1) is 17.7. The normalized spacial score (nSPS) is 28.4. The summed E-state index contributed by atoms with van der Waals surface area (Å²) in [6.07, 6.45) is 10.5. The summed E-state index contributed by atoms with van der Waals surface area (Å²) in [4.78, 5) is 25.0. The third kappa shape index (κ3) is 3.92. The smallest absolute Gasteiger partial charge is 0.230 e. The van der Waals surface area contributed by atoms with Crippen molar-refractivity contribution in [2.24, 2.45) is 17.8 Å². The van der Waals surface area contributed by atoms with E-state index in [0.29, 0.717) is 11.8 Å². The van der Waals surface area contributed by atoms with Crippen LogP contribution in [0.4, 0.5) is 11.4 Å². The van der Waals surface area contributed by atoms with Gasteiger partial charge in [0, 0.05) is 73.2 Å². The van der Waals surface area contributed by atoms with E-state index in [9.17, 15) is 4.79 Å². The zero-order chi connectivity index (χ0) is 24.1. The summed E-state index contributed by atoms with van der Waals surface area (Å²) in [6.45, 7) is 5.16. The van der Waals surface area contributed by atoms with E-state index in [2.05, 4.69) is 68.2 Å². The van der Waals surface area contributed by atoms with Gasteiger partial charge in [-0.2, -0.15) is 0 Å². The monoisotopic (exact) mass is 482 g/mol. The number of carbonyl (C=O) groups excluding carboxylic acids is 1. The van der Waals surface area contributed by atoms with Crippen molar-refractivity contribution in [3.63, 3.8) is 0 Å². The fourth-order valence-electron chi connectivity index (χ4n) is 7.75. The number of carbonyl (C=O) groups is 1. The molecule has 1 aromatic heterocycles. The molecule has 3 heterocycles. The van der Waals surface area contributed by atoms with Gasteiger partial charge in [-0.15, -0.1) is 0 Å². The van der Waals surface area contributed by atoms with Crippen LogP contribution in [0, 0.1) is 17.8 Å². The summed E-state index contributed by atoms with van der Waals surface area (Å²) in [5.74, 6) is 2.06. The number of anilines is 2. The number of nitrogens with one attached hydrogen (secondary N) is 1. The van der Waals surface area contributed by atoms with Crippen molar-refractivity contribution >= 4 is 28.2 Å². The van der Waals surface area contributed by atoms with E-state index in [1.54, 1.807) is 0 Å². The van der Waals surface area contributed by atoms with Gasteiger partial charge in [-0.1, -0.05) is 37.1 Å². The van der Waals surface area contributed by atoms with E-state index in [-0.39, 0.29) is 12.0 Å². The Balaban J connectivity index is 1.08. The van der Waals surface area contributed by atoms with E-state index in [4.69, 9.17) is 0 Å². The second kappa shape index (κ2) is 9.26. The van der Waals surface area contributed by atoms with Crippen LogP contribution in [0.5, 0.6) is 0 Å². The second-order valence-electron chi connectivity index (χ2n) is 11.7. The van der Waals surface area contributed by atoms with Crippen LogP contribution in [-0.4, -0.2) is 54.6 Å². The molecular weight excluding hydrogens is 444 g/mol. The highest BCUT2D eigenvalue weighted by atomic mass is 16.2. The number of nitrogens with zero attached hydrogens (tertiary/aromatic N) is 3. The van der Waals surface area contributed by atoms with Crippen LogP contribution >= 0.6 is 0 Å². The third-order valence-corrected chi connectivity index (χ3v) is 9.72. The Kier molecular flexibility index (Phi) is 5.76. The number of hydrogen-bond acceptors (Lipinski definition) is 3. The number of H-pyrrole nitrogens is 1. The molecule has 2 bridgehead atoms. The van der Waals surface area contributed by atoms with Crippen LogP contribution < -0.4 is 9.80 Å². The number of benzene rings is 2. The number of piperazine rings is 1. The highest BCUT2D eigenvalue weighted by Gasteiger charge is 2.44. The zero-order valence-electron chi connectivity index (χ0n) is 21.2. The quantitative estimate of drug-likeness (QED) is 0.537. The number of amides is 1. The fourth-order valence-corrected chi connectivity index (χ4v) is 7.75. The van der Waals surface area contributed by atoms with Crippen molar-refractivity contribution in [2.45, 2.75) is 51.0 Å². The lowest BCUT2D eigenvalue weighted by Gasteiger charge is -2.47. The Bertz CT molecular complexity index is 1230. The largest absolute Gasteiger partial charge is 0.368 e. The van der Waals surface area contributed by atoms with Crippen molar-refractivity contribution < 1.29 is 4.79 Å². The van der Waals surface area contributed by atoms with E-state index < -0.39 is 0 Å². The summed E-state index contributed by atoms with van der Waals surface area (Å²) >= 11 is 0. The number of aryl methyl sites for hydroxylation is 1. The molecule has 3 aliphatic carbocycles. The van der Waals surface area contributed by atoms with Crippen LogP contribution in [0.25, 0.3) is 10.9 Å². The number of aromatic amines is 1. The van der Waals surface area contributed by atoms with E-state index in [0.717, 1.165) is 57.9 Å². The molecule has 2 unspecified atom stereocenters. The number of aromatic nitrogens is 1. The molecule has 3 aromatic rings. The summed E-state index contributed by atoms with van der Waals surface area (Å²) in [5.41, 5.74) is 5.09. The Hall–Kier alpha value is -2.79. The van der Waals surface area contributed by atoms with Crippen molar-refractivity contribution in [1.82, 2.24) is 9.88 Å². The molecule has 2 atom stereocenters. The first kappa shape index (κ1) is 22.4. The third-order valence-electron chi connectivity index (χ3n) is 9.72. The van der Waals surface area contributed by atoms with Gasteiger partial charge in [0.05, 0.1) is 0 Å². The highest BCUT2D eigenvalue weighted by Crippen LogP contribution is 2.47. The molecule has 5 heteroatoms. The van der Waals surface area contributed by atoms with Gasteiger partial charge in [0.25, 0.3) is 0 Å². The van der Waals surface area contributed by atoms with E-state index >= 15 is 0 Å².